The third-order valence-corrected chi connectivity index (χ3v) is 2.84. The normalized spacial score (nSPS) is 9.81. The Hall–Kier alpha value is -0.904. The summed E-state index contributed by atoms with van der Waals surface area (Å²) in [5.74, 6) is 0. The van der Waals surface area contributed by atoms with Crippen LogP contribution in [0.4, 0.5) is 0 Å². The van der Waals surface area contributed by atoms with E-state index in [-0.39, 0.29) is 48.3 Å². The summed E-state index contributed by atoms with van der Waals surface area (Å²) in [5, 5.41) is 20.6. The van der Waals surface area contributed by atoms with Crippen LogP contribution >= 0.6 is 0 Å². The smallest absolute Gasteiger partial charge is 2.00 e. The molecule has 2 N–H and O–H groups in total. The van der Waals surface area contributed by atoms with E-state index in [0.29, 0.717) is 6.42 Å². The summed E-state index contributed by atoms with van der Waals surface area (Å²) in [6, 6.07) is 14.4. The zero-order valence-corrected chi connectivity index (χ0v) is 13.7. The number of aliphatic hydroxyl groups is 2. The summed E-state index contributed by atoms with van der Waals surface area (Å²) in [4.78, 5) is 0. The van der Waals surface area contributed by atoms with Crippen LogP contribution in [0.2, 0.25) is 0 Å². The molecule has 2 aromatic carbocycles. The van der Waals surface area contributed by atoms with E-state index in [0.717, 1.165) is 6.42 Å². The molecule has 0 aromatic heterocycles. The number of benzene rings is 2. The average Bonchev–Trinajstić information content (AvgIpc) is 2.35. The van der Waals surface area contributed by atoms with E-state index in [9.17, 15) is 5.11 Å². The van der Waals surface area contributed by atoms with Gasteiger partial charge in [-0.1, -0.05) is 42.5 Å². The van der Waals surface area contributed by atoms with Crippen molar-refractivity contribution in [3.8, 4) is 0 Å². The van der Waals surface area contributed by atoms with E-state index < -0.39 is 6.10 Å². The topological polar surface area (TPSA) is 154 Å². The summed E-state index contributed by atoms with van der Waals surface area (Å²) >= 11 is 0. The second-order valence-electron chi connectivity index (χ2n) is 4.01. The number of aryl methyl sites for hydroxylation is 1. The fraction of sp³-hybridized carbons (Fsp3) is 0.286. The minimum atomic E-state index is -0.612. The van der Waals surface area contributed by atoms with E-state index in [4.69, 9.17) is 5.11 Å². The molecular weight excluding hydrogens is 454 g/mol. The third-order valence-electron chi connectivity index (χ3n) is 2.84. The Morgan fingerprint density at radius 1 is 0.857 bits per heavy atom. The second kappa shape index (κ2) is 14.1. The maximum atomic E-state index is 9.34. The Bertz CT molecular complexity index is 474. The van der Waals surface area contributed by atoms with Gasteiger partial charge in [0.25, 0.3) is 0 Å². The van der Waals surface area contributed by atoms with Crippen molar-refractivity contribution >= 4 is 10.8 Å². The van der Waals surface area contributed by atoms with Gasteiger partial charge in [0, 0.05) is 0 Å². The molecule has 0 saturated carbocycles. The van der Waals surface area contributed by atoms with Gasteiger partial charge in [0.15, 0.2) is 0 Å². The minimum absolute atomic E-state index is 0. The van der Waals surface area contributed by atoms with Gasteiger partial charge in [0.1, 0.15) is 0 Å². The van der Waals surface area contributed by atoms with Gasteiger partial charge < -0.3 is 32.1 Å². The first-order valence-electron chi connectivity index (χ1n) is 5.57. The number of hydrogen-bond donors (Lipinski definition) is 2. The van der Waals surface area contributed by atoms with Gasteiger partial charge in [0.05, 0.1) is 12.7 Å². The summed E-state index contributed by atoms with van der Waals surface area (Å²) in [6.45, 7) is -0.162. The van der Waals surface area contributed by atoms with Crippen LogP contribution in [0.5, 0.6) is 0 Å². The fourth-order valence-corrected chi connectivity index (χ4v) is 1.92. The first-order valence-corrected chi connectivity index (χ1v) is 5.57. The van der Waals surface area contributed by atoms with Crippen LogP contribution < -0.4 is 0 Å². The fourth-order valence-electron chi connectivity index (χ4n) is 1.92. The molecule has 0 saturated heterocycles. The number of aliphatic hydroxyl groups excluding tert-OH is 2. The monoisotopic (exact) mass is 472 g/mol. The molecule has 116 valence electrons. The van der Waals surface area contributed by atoms with Crippen molar-refractivity contribution in [2.24, 2.45) is 0 Å². The van der Waals surface area contributed by atoms with Crippen LogP contribution in [-0.2, 0) is 48.1 Å². The van der Waals surface area contributed by atoms with Crippen molar-refractivity contribution in [2.75, 3.05) is 6.61 Å². The molecule has 0 aliphatic heterocycles. The molecule has 1 unspecified atom stereocenters. The molecule has 0 amide bonds. The first kappa shape index (κ1) is 28.3. The largest absolute Gasteiger partial charge is 8.00 e. The molecule has 6 nitrogen and oxygen atoms in total. The minimum Gasteiger partial charge on any atom is -2.00 e. The standard InChI is InChI=1S/C14H16O2.4O.Os/c15-10-13(16)9-8-12-6-3-5-11-4-1-2-7-14(11)12;;;;;/h1-7,13,15-16H,8-10H2;;;;;/q;4*-2;+8. The van der Waals surface area contributed by atoms with E-state index in [1.807, 2.05) is 18.2 Å². The van der Waals surface area contributed by atoms with Gasteiger partial charge in [-0.3, -0.25) is 0 Å². The molecule has 7 heteroatoms. The number of fused-ring (bicyclic) bond motifs is 1. The Kier molecular flexibility index (Phi) is 18.9. The predicted molar refractivity (Wildman–Crippen MR) is 68.1 cm³/mol. The van der Waals surface area contributed by atoms with Crippen molar-refractivity contribution in [3.63, 3.8) is 0 Å². The van der Waals surface area contributed by atoms with Crippen LogP contribution in [0.25, 0.3) is 10.8 Å². The van der Waals surface area contributed by atoms with E-state index >= 15 is 0 Å². The van der Waals surface area contributed by atoms with Crippen LogP contribution in [0.1, 0.15) is 12.0 Å². The molecular formula is C14H16O6Os. The molecule has 21 heavy (non-hydrogen) atoms. The SMILES string of the molecule is OCC(O)CCc1cccc2ccccc12.[O-2].[O-2].[O-2].[O-2].[Os+8]. The van der Waals surface area contributed by atoms with Crippen molar-refractivity contribution in [1.82, 2.24) is 0 Å². The Labute approximate surface area is 136 Å². The van der Waals surface area contributed by atoms with Crippen molar-refractivity contribution < 1.29 is 51.9 Å². The van der Waals surface area contributed by atoms with Gasteiger partial charge in [-0.05, 0) is 29.2 Å². The van der Waals surface area contributed by atoms with Gasteiger partial charge in [-0.2, -0.15) is 0 Å². The van der Waals surface area contributed by atoms with Crippen LogP contribution in [0, 0.1) is 0 Å². The summed E-state index contributed by atoms with van der Waals surface area (Å²) < 4.78 is 0. The molecule has 0 bridgehead atoms. The predicted octanol–water partition coefficient (Wildman–Crippen LogP) is 1.65. The Balaban J connectivity index is -0.000000289. The Morgan fingerprint density at radius 2 is 1.43 bits per heavy atom. The van der Waals surface area contributed by atoms with E-state index in [1.165, 1.54) is 16.3 Å². The van der Waals surface area contributed by atoms with Gasteiger partial charge in [-0.15, -0.1) is 0 Å². The van der Waals surface area contributed by atoms with Crippen molar-refractivity contribution in [3.05, 3.63) is 48.0 Å². The second-order valence-corrected chi connectivity index (χ2v) is 4.01. The van der Waals surface area contributed by atoms with Gasteiger partial charge >= 0.3 is 19.8 Å². The first-order chi connectivity index (χ1) is 7.81. The molecule has 0 fully saturated rings. The molecule has 1 atom stereocenters. The van der Waals surface area contributed by atoms with E-state index in [1.54, 1.807) is 0 Å². The number of rotatable bonds is 4. The molecule has 0 heterocycles. The Morgan fingerprint density at radius 3 is 2.05 bits per heavy atom. The van der Waals surface area contributed by atoms with E-state index in [2.05, 4.69) is 24.3 Å². The molecule has 2 rings (SSSR count). The van der Waals surface area contributed by atoms with Crippen LogP contribution in [0.3, 0.4) is 0 Å². The zero-order chi connectivity index (χ0) is 11.4. The molecule has 0 radical (unpaired) electrons. The molecule has 0 spiro atoms. The molecule has 0 aliphatic rings. The summed E-state index contributed by atoms with van der Waals surface area (Å²) in [5.41, 5.74) is 1.23. The zero-order valence-electron chi connectivity index (χ0n) is 11.1. The quantitative estimate of drug-likeness (QED) is 0.697. The maximum absolute atomic E-state index is 9.34. The average molecular weight is 471 g/mol. The summed E-state index contributed by atoms with van der Waals surface area (Å²) in [6.07, 6.45) is 0.784. The van der Waals surface area contributed by atoms with Gasteiger partial charge in [-0.25, -0.2) is 0 Å². The maximum Gasteiger partial charge on any atom is 8.00 e. The third kappa shape index (κ3) is 7.60. The molecule has 0 aliphatic carbocycles. The molecule has 2 aromatic rings. The van der Waals surface area contributed by atoms with Gasteiger partial charge in [0.2, 0.25) is 0 Å². The van der Waals surface area contributed by atoms with Crippen molar-refractivity contribution in [2.45, 2.75) is 18.9 Å². The van der Waals surface area contributed by atoms with Crippen LogP contribution in [-0.4, -0.2) is 22.9 Å². The number of hydrogen-bond acceptors (Lipinski definition) is 2. The van der Waals surface area contributed by atoms with Crippen LogP contribution in [0.15, 0.2) is 42.5 Å². The van der Waals surface area contributed by atoms with Crippen molar-refractivity contribution in [1.29, 1.82) is 0 Å². The summed E-state index contributed by atoms with van der Waals surface area (Å²) in [7, 11) is 0.